The number of hydrogen-bond donors (Lipinski definition) is 3. The molecule has 7 heteroatoms. The summed E-state index contributed by atoms with van der Waals surface area (Å²) < 4.78 is 0. The molecule has 0 aliphatic heterocycles. The molecule has 1 heterocycles. The molecule has 1 atom stereocenters. The van der Waals surface area contributed by atoms with Crippen molar-refractivity contribution in [2.75, 3.05) is 25.5 Å². The topological polar surface area (TPSA) is 100 Å². The van der Waals surface area contributed by atoms with Crippen LogP contribution in [0.15, 0.2) is 42.6 Å². The van der Waals surface area contributed by atoms with Crippen molar-refractivity contribution in [2.45, 2.75) is 13.0 Å². The summed E-state index contributed by atoms with van der Waals surface area (Å²) in [6.07, 6.45) is 2.42. The maximum absolute atomic E-state index is 11.1. The first-order valence-corrected chi connectivity index (χ1v) is 7.80. The molecule has 7 nitrogen and oxygen atoms in total. The molecule has 0 saturated heterocycles. The van der Waals surface area contributed by atoms with Crippen molar-refractivity contribution in [3.63, 3.8) is 0 Å². The zero-order valence-corrected chi connectivity index (χ0v) is 13.6. The van der Waals surface area contributed by atoms with E-state index >= 15 is 0 Å². The Morgan fingerprint density at radius 3 is 2.79 bits per heavy atom. The van der Waals surface area contributed by atoms with Gasteiger partial charge < -0.3 is 15.7 Å². The minimum atomic E-state index is -0.396. The van der Waals surface area contributed by atoms with Gasteiger partial charge in [-0.05, 0) is 36.1 Å². The van der Waals surface area contributed by atoms with Crippen molar-refractivity contribution in [1.29, 1.82) is 0 Å². The van der Waals surface area contributed by atoms with Gasteiger partial charge in [0.1, 0.15) is 5.69 Å². The van der Waals surface area contributed by atoms with Crippen LogP contribution in [0.4, 0.5) is 11.4 Å². The van der Waals surface area contributed by atoms with Crippen LogP contribution in [0.5, 0.6) is 0 Å². The highest BCUT2D eigenvalue weighted by atomic mass is 16.6. The van der Waals surface area contributed by atoms with Crippen molar-refractivity contribution in [3.05, 3.63) is 64.0 Å². The molecule has 0 bridgehead atoms. The summed E-state index contributed by atoms with van der Waals surface area (Å²) in [5, 5.41) is 26.6. The van der Waals surface area contributed by atoms with Crippen LogP contribution in [0, 0.1) is 16.0 Å². The monoisotopic (exact) mass is 330 g/mol. The van der Waals surface area contributed by atoms with Gasteiger partial charge in [-0.3, -0.25) is 15.1 Å². The van der Waals surface area contributed by atoms with E-state index in [0.717, 1.165) is 11.3 Å². The SMILES string of the molecule is CNc1ccc(CNCC(CO)Cc2ccccn2)cc1[N+](=O)[O-]. The van der Waals surface area contributed by atoms with E-state index in [2.05, 4.69) is 15.6 Å². The fourth-order valence-electron chi connectivity index (χ4n) is 2.49. The van der Waals surface area contributed by atoms with E-state index in [0.29, 0.717) is 25.2 Å². The average molecular weight is 330 g/mol. The van der Waals surface area contributed by atoms with Crippen LogP contribution in [-0.4, -0.2) is 35.2 Å². The Morgan fingerprint density at radius 2 is 2.17 bits per heavy atom. The summed E-state index contributed by atoms with van der Waals surface area (Å²) in [7, 11) is 1.66. The molecule has 2 aromatic rings. The Balaban J connectivity index is 1.90. The molecule has 0 fully saturated rings. The van der Waals surface area contributed by atoms with Gasteiger partial charge in [0.15, 0.2) is 0 Å². The molecule has 1 aromatic carbocycles. The van der Waals surface area contributed by atoms with Crippen molar-refractivity contribution in [1.82, 2.24) is 10.3 Å². The largest absolute Gasteiger partial charge is 0.396 e. The smallest absolute Gasteiger partial charge is 0.292 e. The van der Waals surface area contributed by atoms with Gasteiger partial charge in [0, 0.05) is 44.7 Å². The van der Waals surface area contributed by atoms with Gasteiger partial charge >= 0.3 is 0 Å². The lowest BCUT2D eigenvalue weighted by Gasteiger charge is -2.15. The minimum absolute atomic E-state index is 0.0477. The van der Waals surface area contributed by atoms with Crippen molar-refractivity contribution < 1.29 is 10.0 Å². The molecule has 0 aliphatic carbocycles. The number of rotatable bonds is 9. The maximum atomic E-state index is 11.1. The number of anilines is 1. The third-order valence-corrected chi connectivity index (χ3v) is 3.77. The van der Waals surface area contributed by atoms with Crippen LogP contribution in [0.2, 0.25) is 0 Å². The number of nitro groups is 1. The number of aliphatic hydroxyl groups is 1. The van der Waals surface area contributed by atoms with Gasteiger partial charge in [-0.15, -0.1) is 0 Å². The van der Waals surface area contributed by atoms with Gasteiger partial charge in [0.2, 0.25) is 0 Å². The second-order valence-electron chi connectivity index (χ2n) is 5.56. The van der Waals surface area contributed by atoms with Gasteiger partial charge in [0.25, 0.3) is 5.69 Å². The van der Waals surface area contributed by atoms with Gasteiger partial charge in [-0.2, -0.15) is 0 Å². The Labute approximate surface area is 140 Å². The number of nitrogens with one attached hydrogen (secondary N) is 2. The van der Waals surface area contributed by atoms with Gasteiger partial charge in [-0.25, -0.2) is 0 Å². The van der Waals surface area contributed by atoms with E-state index in [-0.39, 0.29) is 18.2 Å². The minimum Gasteiger partial charge on any atom is -0.396 e. The predicted molar refractivity (Wildman–Crippen MR) is 92.9 cm³/mol. The Hall–Kier alpha value is -2.51. The third kappa shape index (κ3) is 5.00. The molecule has 2 rings (SSSR count). The zero-order valence-electron chi connectivity index (χ0n) is 13.6. The van der Waals surface area contributed by atoms with Crippen LogP contribution in [-0.2, 0) is 13.0 Å². The summed E-state index contributed by atoms with van der Waals surface area (Å²) in [6.45, 7) is 1.17. The van der Waals surface area contributed by atoms with Crippen LogP contribution in [0.3, 0.4) is 0 Å². The Kier molecular flexibility index (Phi) is 6.65. The summed E-state index contributed by atoms with van der Waals surface area (Å²) in [5.74, 6) is 0.0477. The molecule has 3 N–H and O–H groups in total. The molecular weight excluding hydrogens is 308 g/mol. The number of pyridine rings is 1. The molecule has 0 saturated carbocycles. The van der Waals surface area contributed by atoms with E-state index in [1.165, 1.54) is 0 Å². The lowest BCUT2D eigenvalue weighted by molar-refractivity contribution is -0.384. The zero-order chi connectivity index (χ0) is 17.4. The number of hydrogen-bond acceptors (Lipinski definition) is 6. The normalized spacial score (nSPS) is 11.9. The van der Waals surface area contributed by atoms with E-state index in [9.17, 15) is 15.2 Å². The second kappa shape index (κ2) is 8.95. The molecule has 0 spiro atoms. The van der Waals surface area contributed by atoms with Crippen molar-refractivity contribution in [3.8, 4) is 0 Å². The second-order valence-corrected chi connectivity index (χ2v) is 5.56. The fourth-order valence-corrected chi connectivity index (χ4v) is 2.49. The summed E-state index contributed by atoms with van der Waals surface area (Å²) in [4.78, 5) is 14.9. The maximum Gasteiger partial charge on any atom is 0.292 e. The molecule has 24 heavy (non-hydrogen) atoms. The lowest BCUT2D eigenvalue weighted by Crippen LogP contribution is -2.26. The van der Waals surface area contributed by atoms with Crippen molar-refractivity contribution in [2.24, 2.45) is 5.92 Å². The van der Waals surface area contributed by atoms with Crippen LogP contribution in [0.1, 0.15) is 11.3 Å². The predicted octanol–water partition coefficient (Wildman–Crippen LogP) is 1.97. The molecule has 1 unspecified atom stereocenters. The first-order chi connectivity index (χ1) is 11.6. The standard InChI is InChI=1S/C17H22N4O3/c1-18-16-6-5-13(9-17(16)21(23)24)10-19-11-14(12-22)8-15-4-2-3-7-20-15/h2-7,9,14,18-19,22H,8,10-12H2,1H3. The average Bonchev–Trinajstić information content (AvgIpc) is 2.61. The quantitative estimate of drug-likeness (QED) is 0.480. The first-order valence-electron chi connectivity index (χ1n) is 7.80. The van der Waals surface area contributed by atoms with Crippen LogP contribution in [0.25, 0.3) is 0 Å². The molecule has 0 radical (unpaired) electrons. The summed E-state index contributed by atoms with van der Waals surface area (Å²) in [6, 6.07) is 10.8. The summed E-state index contributed by atoms with van der Waals surface area (Å²) >= 11 is 0. The highest BCUT2D eigenvalue weighted by Gasteiger charge is 2.14. The number of aromatic nitrogens is 1. The summed E-state index contributed by atoms with van der Waals surface area (Å²) in [5.41, 5.74) is 2.32. The van der Waals surface area contributed by atoms with Crippen molar-refractivity contribution >= 4 is 11.4 Å². The first kappa shape index (κ1) is 17.8. The molecule has 0 amide bonds. The molecular formula is C17H22N4O3. The highest BCUT2D eigenvalue weighted by Crippen LogP contribution is 2.24. The number of aliphatic hydroxyl groups excluding tert-OH is 1. The van der Waals surface area contributed by atoms with E-state index < -0.39 is 4.92 Å². The Morgan fingerprint density at radius 1 is 1.33 bits per heavy atom. The van der Waals surface area contributed by atoms with Gasteiger partial charge in [0.05, 0.1) is 4.92 Å². The number of benzene rings is 1. The highest BCUT2D eigenvalue weighted by molar-refractivity contribution is 5.62. The van der Waals surface area contributed by atoms with E-state index in [1.807, 2.05) is 24.3 Å². The number of nitrogens with zero attached hydrogens (tertiary/aromatic N) is 2. The fraction of sp³-hybridized carbons (Fsp3) is 0.353. The van der Waals surface area contributed by atoms with Crippen LogP contribution >= 0.6 is 0 Å². The van der Waals surface area contributed by atoms with Gasteiger partial charge in [-0.1, -0.05) is 12.1 Å². The van der Waals surface area contributed by atoms with E-state index in [4.69, 9.17) is 0 Å². The molecule has 0 aliphatic rings. The van der Waals surface area contributed by atoms with Crippen LogP contribution < -0.4 is 10.6 Å². The lowest BCUT2D eigenvalue weighted by atomic mass is 10.0. The number of nitro benzene ring substituents is 1. The molecule has 1 aromatic heterocycles. The Bertz CT molecular complexity index is 664. The molecule has 128 valence electrons. The van der Waals surface area contributed by atoms with E-state index in [1.54, 1.807) is 25.4 Å². The third-order valence-electron chi connectivity index (χ3n) is 3.77.